The van der Waals surface area contributed by atoms with Gasteiger partial charge >= 0.3 is 0 Å². The van der Waals surface area contributed by atoms with Gasteiger partial charge < -0.3 is 0 Å². The smallest absolute Gasteiger partial charge is 0.0930 e. The largest absolute Gasteiger partial charge is 0.143 e. The lowest BCUT2D eigenvalue weighted by Gasteiger charge is -2.16. The predicted octanol–water partition coefficient (Wildman–Crippen LogP) is 5.99. The Morgan fingerprint density at radius 2 is 1.74 bits per heavy atom. The maximum Gasteiger partial charge on any atom is 0.0930 e. The van der Waals surface area contributed by atoms with Gasteiger partial charge in [-0.05, 0) is 42.5 Å². The molecule has 2 heteroatoms. The summed E-state index contributed by atoms with van der Waals surface area (Å²) in [6.07, 6.45) is 0. The van der Waals surface area contributed by atoms with E-state index in [1.807, 2.05) is 11.3 Å². The first-order valence-electron chi connectivity index (χ1n) is 6.60. The molecule has 0 aliphatic rings. The highest BCUT2D eigenvalue weighted by Crippen LogP contribution is 2.38. The molecule has 1 aromatic carbocycles. The van der Waals surface area contributed by atoms with Gasteiger partial charge in [0.1, 0.15) is 0 Å². The lowest BCUT2D eigenvalue weighted by molar-refractivity contribution is 0.604. The van der Waals surface area contributed by atoms with Gasteiger partial charge in [-0.3, -0.25) is 0 Å². The van der Waals surface area contributed by atoms with E-state index in [9.17, 15) is 0 Å². The second kappa shape index (κ2) is 5.30. The van der Waals surface area contributed by atoms with Crippen LogP contribution in [0.15, 0.2) is 30.3 Å². The molecule has 1 unspecified atom stereocenters. The van der Waals surface area contributed by atoms with Crippen LogP contribution in [0.1, 0.15) is 52.6 Å². The minimum atomic E-state index is -0.0401. The Labute approximate surface area is 125 Å². The third-order valence-electron chi connectivity index (χ3n) is 3.31. The van der Waals surface area contributed by atoms with Crippen molar-refractivity contribution in [2.45, 2.75) is 45.4 Å². The zero-order valence-corrected chi connectivity index (χ0v) is 13.8. The van der Waals surface area contributed by atoms with Crippen LogP contribution in [0.2, 0.25) is 0 Å². The Balaban J connectivity index is 2.34. The molecule has 102 valence electrons. The number of rotatable bonds is 2. The molecule has 0 nitrogen and oxygen atoms in total. The van der Waals surface area contributed by atoms with Crippen LogP contribution in [0.3, 0.4) is 0 Å². The Bertz CT molecular complexity index is 575. The normalized spacial score (nSPS) is 13.6. The molecule has 0 radical (unpaired) electrons. The van der Waals surface area contributed by atoms with Crippen molar-refractivity contribution in [3.63, 3.8) is 0 Å². The van der Waals surface area contributed by atoms with E-state index in [1.165, 1.54) is 26.4 Å². The lowest BCUT2D eigenvalue weighted by atomic mass is 9.95. The number of thiophene rings is 1. The van der Waals surface area contributed by atoms with Gasteiger partial charge in [-0.1, -0.05) is 44.5 Å². The van der Waals surface area contributed by atoms with Gasteiger partial charge in [0.25, 0.3) is 0 Å². The average Bonchev–Trinajstić information content (AvgIpc) is 2.76. The number of halogens is 1. The highest BCUT2D eigenvalue weighted by atomic mass is 35.5. The summed E-state index contributed by atoms with van der Waals surface area (Å²) in [5, 5.41) is -0.0401. The zero-order valence-electron chi connectivity index (χ0n) is 12.3. The van der Waals surface area contributed by atoms with Crippen LogP contribution in [0.5, 0.6) is 0 Å². The van der Waals surface area contributed by atoms with Crippen LogP contribution in [-0.2, 0) is 5.41 Å². The minimum Gasteiger partial charge on any atom is -0.143 e. The summed E-state index contributed by atoms with van der Waals surface area (Å²) < 4.78 is 0. The first-order valence-corrected chi connectivity index (χ1v) is 7.86. The van der Waals surface area contributed by atoms with E-state index < -0.39 is 0 Å². The van der Waals surface area contributed by atoms with E-state index in [4.69, 9.17) is 11.6 Å². The Morgan fingerprint density at radius 1 is 1.05 bits per heavy atom. The highest BCUT2D eigenvalue weighted by molar-refractivity contribution is 7.12. The third-order valence-corrected chi connectivity index (χ3v) is 5.49. The first-order chi connectivity index (χ1) is 8.79. The number of aryl methyl sites for hydroxylation is 2. The fourth-order valence-electron chi connectivity index (χ4n) is 2.16. The number of benzene rings is 1. The molecule has 1 atom stereocenters. The van der Waals surface area contributed by atoms with Crippen molar-refractivity contribution in [1.82, 2.24) is 0 Å². The molecule has 0 aliphatic heterocycles. The maximum atomic E-state index is 6.66. The van der Waals surface area contributed by atoms with E-state index in [0.29, 0.717) is 0 Å². The molecule has 1 heterocycles. The van der Waals surface area contributed by atoms with Crippen molar-refractivity contribution in [1.29, 1.82) is 0 Å². The standard InChI is InChI=1S/C17H21ClS/c1-11-6-7-13(12(2)10-11)16(18)14-8-9-15(19-14)17(3,4)5/h6-10,16H,1-5H3. The van der Waals surface area contributed by atoms with Crippen LogP contribution in [-0.4, -0.2) is 0 Å². The number of hydrogen-bond acceptors (Lipinski definition) is 1. The lowest BCUT2D eigenvalue weighted by Crippen LogP contribution is -2.07. The molecular formula is C17H21ClS. The maximum absolute atomic E-state index is 6.66. The summed E-state index contributed by atoms with van der Waals surface area (Å²) in [7, 11) is 0. The molecule has 1 aromatic heterocycles. The van der Waals surface area contributed by atoms with Crippen molar-refractivity contribution < 1.29 is 0 Å². The molecular weight excluding hydrogens is 272 g/mol. The Hall–Kier alpha value is -0.790. The molecule has 0 amide bonds. The summed E-state index contributed by atoms with van der Waals surface area (Å²) in [4.78, 5) is 2.62. The van der Waals surface area contributed by atoms with Crippen molar-refractivity contribution >= 4 is 22.9 Å². The summed E-state index contributed by atoms with van der Waals surface area (Å²) in [6.45, 7) is 11.0. The van der Waals surface area contributed by atoms with Crippen LogP contribution in [0, 0.1) is 13.8 Å². The zero-order chi connectivity index (χ0) is 14.2. The molecule has 0 saturated heterocycles. The average molecular weight is 293 g/mol. The predicted molar refractivity (Wildman–Crippen MR) is 86.6 cm³/mol. The van der Waals surface area contributed by atoms with E-state index in [1.54, 1.807) is 0 Å². The molecule has 0 bridgehead atoms. The van der Waals surface area contributed by atoms with Gasteiger partial charge in [0.15, 0.2) is 0 Å². The Kier molecular flexibility index (Phi) is 4.08. The molecule has 0 N–H and O–H groups in total. The van der Waals surface area contributed by atoms with E-state index in [0.717, 1.165) is 0 Å². The monoisotopic (exact) mass is 292 g/mol. The van der Waals surface area contributed by atoms with Crippen molar-refractivity contribution in [3.05, 3.63) is 56.8 Å². The van der Waals surface area contributed by atoms with Crippen LogP contribution < -0.4 is 0 Å². The molecule has 2 aromatic rings. The third kappa shape index (κ3) is 3.21. The summed E-state index contributed by atoms with van der Waals surface area (Å²) in [6, 6.07) is 10.9. The van der Waals surface area contributed by atoms with Crippen LogP contribution >= 0.6 is 22.9 Å². The summed E-state index contributed by atoms with van der Waals surface area (Å²) in [5.41, 5.74) is 3.97. The second-order valence-corrected chi connectivity index (χ2v) is 7.73. The topological polar surface area (TPSA) is 0 Å². The minimum absolute atomic E-state index is 0.0401. The first kappa shape index (κ1) is 14.6. The number of alkyl halides is 1. The van der Waals surface area contributed by atoms with Crippen LogP contribution in [0.25, 0.3) is 0 Å². The fourth-order valence-corrected chi connectivity index (χ4v) is 3.67. The van der Waals surface area contributed by atoms with E-state index >= 15 is 0 Å². The van der Waals surface area contributed by atoms with E-state index in [2.05, 4.69) is 65.0 Å². The summed E-state index contributed by atoms with van der Waals surface area (Å²) >= 11 is 8.49. The van der Waals surface area contributed by atoms with Gasteiger partial charge in [0.05, 0.1) is 5.38 Å². The van der Waals surface area contributed by atoms with Gasteiger partial charge in [-0.25, -0.2) is 0 Å². The molecule has 19 heavy (non-hydrogen) atoms. The van der Waals surface area contributed by atoms with Crippen molar-refractivity contribution in [2.24, 2.45) is 0 Å². The molecule has 2 rings (SSSR count). The highest BCUT2D eigenvalue weighted by Gasteiger charge is 2.20. The van der Waals surface area contributed by atoms with E-state index in [-0.39, 0.29) is 10.8 Å². The quantitative estimate of drug-likeness (QED) is 0.596. The van der Waals surface area contributed by atoms with Crippen molar-refractivity contribution in [2.75, 3.05) is 0 Å². The molecule has 0 fully saturated rings. The second-order valence-electron chi connectivity index (χ2n) is 6.17. The van der Waals surface area contributed by atoms with Crippen LogP contribution in [0.4, 0.5) is 0 Å². The number of hydrogen-bond donors (Lipinski definition) is 0. The SMILES string of the molecule is Cc1ccc(C(Cl)c2ccc(C(C)(C)C)s2)c(C)c1. The van der Waals surface area contributed by atoms with Gasteiger partial charge in [-0.15, -0.1) is 22.9 Å². The van der Waals surface area contributed by atoms with Gasteiger partial charge in [0.2, 0.25) is 0 Å². The molecule has 0 saturated carbocycles. The van der Waals surface area contributed by atoms with Crippen molar-refractivity contribution in [3.8, 4) is 0 Å². The van der Waals surface area contributed by atoms with Gasteiger partial charge in [-0.2, -0.15) is 0 Å². The molecule has 0 aliphatic carbocycles. The van der Waals surface area contributed by atoms with Gasteiger partial charge in [0, 0.05) is 9.75 Å². The Morgan fingerprint density at radius 3 is 2.26 bits per heavy atom. The summed E-state index contributed by atoms with van der Waals surface area (Å²) in [5.74, 6) is 0. The molecule has 0 spiro atoms. The fraction of sp³-hybridized carbons (Fsp3) is 0.412.